The third-order valence-electron chi connectivity index (χ3n) is 12.7. The van der Waals surface area contributed by atoms with E-state index < -0.39 is 0 Å². The molecule has 292 valence electrons. The molecule has 0 amide bonds. The van der Waals surface area contributed by atoms with Gasteiger partial charge in [0.1, 0.15) is 11.6 Å². The summed E-state index contributed by atoms with van der Waals surface area (Å²) in [4.78, 5) is 10.1. The molecule has 2 aromatic heterocycles. The van der Waals surface area contributed by atoms with Gasteiger partial charge in [0.2, 0.25) is 0 Å². The summed E-state index contributed by atoms with van der Waals surface area (Å²) in [7, 11) is 4.24. The normalized spacial score (nSPS) is 11.7. The van der Waals surface area contributed by atoms with Gasteiger partial charge < -0.3 is 9.13 Å². The number of hydrogen-bond acceptors (Lipinski definition) is 2. The maximum atomic E-state index is 5.07. The first-order valence-electron chi connectivity index (χ1n) is 21.2. The van der Waals surface area contributed by atoms with E-state index in [1.807, 2.05) is 12.1 Å². The Morgan fingerprint density at radius 3 is 1.24 bits per heavy atom. The van der Waals surface area contributed by atoms with E-state index in [1.165, 1.54) is 65.7 Å². The fraction of sp³-hybridized carbons (Fsp3) is 0.0345. The van der Waals surface area contributed by atoms with Crippen molar-refractivity contribution in [2.45, 2.75) is 0 Å². The lowest BCUT2D eigenvalue weighted by Gasteiger charge is -2.18. The topological polar surface area (TPSA) is 35.6 Å². The number of aryl methyl sites for hydroxylation is 2. The molecule has 0 saturated heterocycles. The molecular formula is C58H40N4. The molecule has 12 aromatic rings. The van der Waals surface area contributed by atoms with Gasteiger partial charge in [0, 0.05) is 25.2 Å². The molecule has 4 heteroatoms. The van der Waals surface area contributed by atoms with Crippen molar-refractivity contribution in [3.63, 3.8) is 0 Å². The van der Waals surface area contributed by atoms with Crippen LogP contribution in [0.15, 0.2) is 206 Å². The van der Waals surface area contributed by atoms with Crippen LogP contribution in [0.25, 0.3) is 122 Å². The Morgan fingerprint density at radius 1 is 0.306 bits per heavy atom. The average Bonchev–Trinajstić information content (AvgIpc) is 3.85. The molecule has 0 fully saturated rings. The van der Waals surface area contributed by atoms with Crippen LogP contribution in [-0.4, -0.2) is 19.1 Å². The molecule has 0 saturated carbocycles. The maximum Gasteiger partial charge on any atom is 0.140 e. The summed E-state index contributed by atoms with van der Waals surface area (Å²) in [5.74, 6) is 1.92. The van der Waals surface area contributed by atoms with Crippen LogP contribution in [0.2, 0.25) is 0 Å². The van der Waals surface area contributed by atoms with Crippen molar-refractivity contribution in [3.05, 3.63) is 206 Å². The largest absolute Gasteiger partial charge is 0.327 e. The Kier molecular flexibility index (Phi) is 8.26. The first kappa shape index (κ1) is 35.8. The Hall–Kier alpha value is -8.08. The molecule has 10 aromatic carbocycles. The number of rotatable bonds is 6. The van der Waals surface area contributed by atoms with Crippen LogP contribution in [-0.2, 0) is 14.1 Å². The van der Waals surface area contributed by atoms with Crippen LogP contribution in [0, 0.1) is 0 Å². The number of aromatic nitrogens is 4. The van der Waals surface area contributed by atoms with E-state index in [0.717, 1.165) is 56.0 Å². The highest BCUT2D eigenvalue weighted by atomic mass is 15.1. The highest BCUT2D eigenvalue weighted by Gasteiger charge is 2.19. The van der Waals surface area contributed by atoms with E-state index in [4.69, 9.17) is 9.97 Å². The maximum absolute atomic E-state index is 5.07. The van der Waals surface area contributed by atoms with Gasteiger partial charge >= 0.3 is 0 Å². The number of hydrogen-bond donors (Lipinski definition) is 0. The third kappa shape index (κ3) is 5.83. The van der Waals surface area contributed by atoms with Crippen LogP contribution in [0.5, 0.6) is 0 Å². The molecule has 0 aliphatic rings. The Balaban J connectivity index is 1.09. The lowest BCUT2D eigenvalue weighted by molar-refractivity contribution is 0.959. The van der Waals surface area contributed by atoms with Gasteiger partial charge in [-0.15, -0.1) is 0 Å². The molecule has 4 nitrogen and oxygen atoms in total. The highest BCUT2D eigenvalue weighted by Crippen LogP contribution is 2.45. The van der Waals surface area contributed by atoms with Gasteiger partial charge in [0.15, 0.2) is 0 Å². The van der Waals surface area contributed by atoms with Gasteiger partial charge in [0.05, 0.1) is 22.1 Å². The van der Waals surface area contributed by atoms with Crippen LogP contribution < -0.4 is 0 Å². The van der Waals surface area contributed by atoms with Crippen molar-refractivity contribution in [2.75, 3.05) is 0 Å². The molecule has 62 heavy (non-hydrogen) atoms. The minimum absolute atomic E-state index is 0.960. The van der Waals surface area contributed by atoms with E-state index in [9.17, 15) is 0 Å². The van der Waals surface area contributed by atoms with Crippen LogP contribution >= 0.6 is 0 Å². The van der Waals surface area contributed by atoms with E-state index >= 15 is 0 Å². The second-order valence-corrected chi connectivity index (χ2v) is 16.3. The predicted octanol–water partition coefficient (Wildman–Crippen LogP) is 14.9. The summed E-state index contributed by atoms with van der Waals surface area (Å²) in [6.45, 7) is 0. The number of nitrogens with zero attached hydrogens (tertiary/aromatic N) is 4. The predicted molar refractivity (Wildman–Crippen MR) is 260 cm³/mol. The van der Waals surface area contributed by atoms with Crippen molar-refractivity contribution in [3.8, 4) is 67.3 Å². The summed E-state index contributed by atoms with van der Waals surface area (Å²) in [5, 5.41) is 7.29. The highest BCUT2D eigenvalue weighted by molar-refractivity contribution is 6.19. The molecule has 0 radical (unpaired) electrons. The fourth-order valence-corrected chi connectivity index (χ4v) is 9.60. The number of benzene rings is 10. The zero-order valence-corrected chi connectivity index (χ0v) is 34.4. The minimum atomic E-state index is 0.960. The van der Waals surface area contributed by atoms with Crippen LogP contribution in [0.4, 0.5) is 0 Å². The molecule has 0 aliphatic heterocycles. The van der Waals surface area contributed by atoms with Crippen molar-refractivity contribution in [2.24, 2.45) is 14.1 Å². The van der Waals surface area contributed by atoms with Gasteiger partial charge in [-0.2, -0.15) is 0 Å². The first-order valence-corrected chi connectivity index (χ1v) is 21.2. The van der Waals surface area contributed by atoms with Crippen molar-refractivity contribution < 1.29 is 0 Å². The van der Waals surface area contributed by atoms with Gasteiger partial charge in [-0.1, -0.05) is 164 Å². The smallest absolute Gasteiger partial charge is 0.140 e. The molecule has 0 spiro atoms. The van der Waals surface area contributed by atoms with E-state index in [2.05, 4.69) is 217 Å². The van der Waals surface area contributed by atoms with Crippen molar-refractivity contribution >= 4 is 54.4 Å². The molecule has 2 heterocycles. The molecule has 0 N–H and O–H groups in total. The standard InChI is InChI=1S/C58H40N4/c1-61-54-34-43(28-30-52(54)59-57(61)38-16-8-4-9-17-38)46-20-12-22-48-50(46)36-51-47(44-29-31-53-55(35-44)62(2)58(60-53)39-18-10-5-11-19-39)21-13-23-49(51)56(48)45-27-26-41-32-40(24-25-42(41)33-45)37-14-6-3-7-15-37/h3-36H,1-2H3. The van der Waals surface area contributed by atoms with Crippen molar-refractivity contribution in [1.82, 2.24) is 19.1 Å². The van der Waals surface area contributed by atoms with Crippen molar-refractivity contribution in [1.29, 1.82) is 0 Å². The second-order valence-electron chi connectivity index (χ2n) is 16.3. The molecule has 0 unspecified atom stereocenters. The van der Waals surface area contributed by atoms with E-state index in [-0.39, 0.29) is 0 Å². The Bertz CT molecular complexity index is 3510. The van der Waals surface area contributed by atoms with E-state index in [0.29, 0.717) is 0 Å². The fourth-order valence-electron chi connectivity index (χ4n) is 9.60. The van der Waals surface area contributed by atoms with Gasteiger partial charge in [-0.25, -0.2) is 9.97 Å². The molecule has 0 atom stereocenters. The summed E-state index contributed by atoms with van der Waals surface area (Å²) < 4.78 is 4.43. The molecule has 12 rings (SSSR count). The quantitative estimate of drug-likeness (QED) is 0.157. The zero-order valence-electron chi connectivity index (χ0n) is 34.4. The lowest BCUT2D eigenvalue weighted by atomic mass is 9.85. The minimum Gasteiger partial charge on any atom is -0.327 e. The third-order valence-corrected chi connectivity index (χ3v) is 12.7. The summed E-state index contributed by atoms with van der Waals surface area (Å²) in [6, 6.07) is 74.7. The monoisotopic (exact) mass is 792 g/mol. The second kappa shape index (κ2) is 14.3. The molecule has 0 aliphatic carbocycles. The van der Waals surface area contributed by atoms with Crippen LogP contribution in [0.1, 0.15) is 0 Å². The lowest BCUT2D eigenvalue weighted by Crippen LogP contribution is -1.93. The van der Waals surface area contributed by atoms with E-state index in [1.54, 1.807) is 0 Å². The summed E-state index contributed by atoms with van der Waals surface area (Å²) in [5.41, 5.74) is 15.9. The summed E-state index contributed by atoms with van der Waals surface area (Å²) >= 11 is 0. The first-order chi connectivity index (χ1) is 30.6. The SMILES string of the molecule is Cn1c(-c2ccccc2)nc2ccc(-c3cccc4c(-c5ccc6cc(-c7ccccc7)ccc6c5)c5cccc(-c6ccc7nc(-c8ccccc8)n(C)c7c6)c5cc34)cc21. The number of fused-ring (bicyclic) bond motifs is 5. The van der Waals surface area contributed by atoms with Gasteiger partial charge in [-0.3, -0.25) is 0 Å². The number of imidazole rings is 2. The molecule has 0 bridgehead atoms. The Morgan fingerprint density at radius 2 is 0.742 bits per heavy atom. The Labute approximate surface area is 359 Å². The van der Waals surface area contributed by atoms with Crippen LogP contribution in [0.3, 0.4) is 0 Å². The summed E-state index contributed by atoms with van der Waals surface area (Å²) in [6.07, 6.45) is 0. The van der Waals surface area contributed by atoms with Gasteiger partial charge in [0.25, 0.3) is 0 Å². The average molecular weight is 793 g/mol. The zero-order chi connectivity index (χ0) is 41.3. The molecular weight excluding hydrogens is 753 g/mol. The van der Waals surface area contributed by atoms with Gasteiger partial charge in [-0.05, 0) is 119 Å².